The first kappa shape index (κ1) is 9.04. The van der Waals surface area contributed by atoms with E-state index in [4.69, 9.17) is 5.73 Å². The molecule has 2 heteroatoms. The normalized spacial score (nSPS) is 27.2. The molecule has 0 amide bonds. The number of nitrogens with two attached hydrogens (primary N) is 1. The van der Waals surface area contributed by atoms with Crippen LogP contribution in [0.25, 0.3) is 0 Å². The van der Waals surface area contributed by atoms with E-state index in [2.05, 4.69) is 4.99 Å². The number of rotatable bonds is 2. The zero-order chi connectivity index (χ0) is 9.10. The second-order valence-electron chi connectivity index (χ2n) is 4.47. The lowest BCUT2D eigenvalue weighted by atomic mass is 10.1. The molecule has 2 fully saturated rings. The fraction of sp³-hybridized carbons (Fsp3) is 0.909. The van der Waals surface area contributed by atoms with Crippen LogP contribution >= 0.6 is 0 Å². The van der Waals surface area contributed by atoms with Crippen molar-refractivity contribution < 1.29 is 0 Å². The van der Waals surface area contributed by atoms with Gasteiger partial charge in [-0.2, -0.15) is 0 Å². The highest BCUT2D eigenvalue weighted by Gasteiger charge is 2.20. The summed E-state index contributed by atoms with van der Waals surface area (Å²) in [6.07, 6.45) is 10.5. The monoisotopic (exact) mass is 180 g/mol. The van der Waals surface area contributed by atoms with Gasteiger partial charge in [0.05, 0.1) is 11.9 Å². The molecule has 2 nitrogen and oxygen atoms in total. The van der Waals surface area contributed by atoms with Crippen molar-refractivity contribution in [3.05, 3.63) is 0 Å². The van der Waals surface area contributed by atoms with Gasteiger partial charge in [-0.15, -0.1) is 0 Å². The Balaban J connectivity index is 1.89. The van der Waals surface area contributed by atoms with Crippen LogP contribution in [-0.2, 0) is 0 Å². The van der Waals surface area contributed by atoms with Crippen LogP contribution in [0.1, 0.15) is 51.4 Å². The summed E-state index contributed by atoms with van der Waals surface area (Å²) < 4.78 is 0. The summed E-state index contributed by atoms with van der Waals surface area (Å²) >= 11 is 0. The van der Waals surface area contributed by atoms with Crippen molar-refractivity contribution in [2.75, 3.05) is 0 Å². The van der Waals surface area contributed by atoms with E-state index in [1.54, 1.807) is 0 Å². The van der Waals surface area contributed by atoms with Crippen LogP contribution in [0.3, 0.4) is 0 Å². The molecule has 0 bridgehead atoms. The predicted molar refractivity (Wildman–Crippen MR) is 55.8 cm³/mol. The Kier molecular flexibility index (Phi) is 2.87. The molecule has 0 aromatic rings. The molecule has 2 aliphatic carbocycles. The van der Waals surface area contributed by atoms with E-state index < -0.39 is 0 Å². The number of nitrogens with zero attached hydrogens (tertiary/aromatic N) is 1. The maximum Gasteiger partial charge on any atom is 0.0971 e. The highest BCUT2D eigenvalue weighted by molar-refractivity contribution is 5.83. The Morgan fingerprint density at radius 3 is 2.08 bits per heavy atom. The van der Waals surface area contributed by atoms with E-state index in [1.807, 2.05) is 0 Å². The van der Waals surface area contributed by atoms with Crippen LogP contribution in [0.4, 0.5) is 0 Å². The lowest BCUT2D eigenvalue weighted by Gasteiger charge is -2.10. The topological polar surface area (TPSA) is 38.4 Å². The second-order valence-corrected chi connectivity index (χ2v) is 4.47. The van der Waals surface area contributed by atoms with Gasteiger partial charge in [0.15, 0.2) is 0 Å². The molecule has 0 aliphatic heterocycles. The zero-order valence-corrected chi connectivity index (χ0v) is 8.34. The molecule has 13 heavy (non-hydrogen) atoms. The standard InChI is InChI=1S/C11H20N2/c12-11(9-5-1-2-6-9)13-10-7-3-4-8-10/h9-10H,1-8H2,(H2,12,13). The first-order valence-electron chi connectivity index (χ1n) is 5.69. The Hall–Kier alpha value is -0.530. The van der Waals surface area contributed by atoms with Gasteiger partial charge < -0.3 is 5.73 Å². The van der Waals surface area contributed by atoms with Gasteiger partial charge in [0.25, 0.3) is 0 Å². The van der Waals surface area contributed by atoms with Crippen LogP contribution in [-0.4, -0.2) is 11.9 Å². The molecule has 0 radical (unpaired) electrons. The largest absolute Gasteiger partial charge is 0.387 e. The van der Waals surface area contributed by atoms with E-state index >= 15 is 0 Å². The third kappa shape index (κ3) is 2.23. The van der Waals surface area contributed by atoms with Crippen molar-refractivity contribution in [2.45, 2.75) is 57.4 Å². The van der Waals surface area contributed by atoms with Gasteiger partial charge in [0, 0.05) is 5.92 Å². The van der Waals surface area contributed by atoms with Crippen molar-refractivity contribution in [1.82, 2.24) is 0 Å². The summed E-state index contributed by atoms with van der Waals surface area (Å²) in [7, 11) is 0. The van der Waals surface area contributed by atoms with E-state index in [0.717, 1.165) is 5.84 Å². The van der Waals surface area contributed by atoms with E-state index in [0.29, 0.717) is 12.0 Å². The molecule has 0 spiro atoms. The average molecular weight is 180 g/mol. The van der Waals surface area contributed by atoms with Gasteiger partial charge in [-0.05, 0) is 25.7 Å². The van der Waals surface area contributed by atoms with Crippen molar-refractivity contribution in [1.29, 1.82) is 0 Å². The quantitative estimate of drug-likeness (QED) is 0.514. The van der Waals surface area contributed by atoms with Gasteiger partial charge in [-0.25, -0.2) is 0 Å². The molecule has 2 rings (SSSR count). The maximum atomic E-state index is 6.01. The second kappa shape index (κ2) is 4.12. The fourth-order valence-electron chi connectivity index (χ4n) is 2.57. The molecular weight excluding hydrogens is 160 g/mol. The van der Waals surface area contributed by atoms with Gasteiger partial charge in [0.2, 0.25) is 0 Å². The lowest BCUT2D eigenvalue weighted by molar-refractivity contribution is 0.666. The van der Waals surface area contributed by atoms with E-state index in [9.17, 15) is 0 Å². The number of aliphatic imine (C=N–C) groups is 1. The van der Waals surface area contributed by atoms with Crippen molar-refractivity contribution >= 4 is 5.84 Å². The highest BCUT2D eigenvalue weighted by atomic mass is 14.9. The molecule has 0 aromatic carbocycles. The van der Waals surface area contributed by atoms with E-state index in [1.165, 1.54) is 51.4 Å². The van der Waals surface area contributed by atoms with Crippen molar-refractivity contribution in [3.8, 4) is 0 Å². The SMILES string of the molecule is NC(=NC1CCCC1)C1CCCC1. The Labute approximate surface area is 80.6 Å². The molecule has 2 N–H and O–H groups in total. The number of amidine groups is 1. The first-order chi connectivity index (χ1) is 6.36. The van der Waals surface area contributed by atoms with Gasteiger partial charge in [-0.1, -0.05) is 25.7 Å². The minimum Gasteiger partial charge on any atom is -0.387 e. The van der Waals surface area contributed by atoms with Gasteiger partial charge in [0.1, 0.15) is 0 Å². The fourth-order valence-corrected chi connectivity index (χ4v) is 2.57. The first-order valence-corrected chi connectivity index (χ1v) is 5.69. The molecule has 0 heterocycles. The summed E-state index contributed by atoms with van der Waals surface area (Å²) in [5, 5.41) is 0. The number of hydrogen-bond donors (Lipinski definition) is 1. The minimum atomic E-state index is 0.570. The molecule has 0 atom stereocenters. The number of hydrogen-bond acceptors (Lipinski definition) is 1. The van der Waals surface area contributed by atoms with Gasteiger partial charge in [-0.3, -0.25) is 4.99 Å². The van der Waals surface area contributed by atoms with Crippen LogP contribution in [0.2, 0.25) is 0 Å². The Morgan fingerprint density at radius 2 is 1.46 bits per heavy atom. The zero-order valence-electron chi connectivity index (χ0n) is 8.34. The third-order valence-corrected chi connectivity index (χ3v) is 3.43. The van der Waals surface area contributed by atoms with Crippen molar-refractivity contribution in [2.24, 2.45) is 16.6 Å². The minimum absolute atomic E-state index is 0.570. The Morgan fingerprint density at radius 1 is 0.923 bits per heavy atom. The summed E-state index contributed by atoms with van der Waals surface area (Å²) in [6, 6.07) is 0.570. The smallest absolute Gasteiger partial charge is 0.0971 e. The third-order valence-electron chi connectivity index (χ3n) is 3.43. The lowest BCUT2D eigenvalue weighted by Crippen LogP contribution is -2.23. The Bertz CT molecular complexity index is 186. The van der Waals surface area contributed by atoms with Gasteiger partial charge >= 0.3 is 0 Å². The van der Waals surface area contributed by atoms with Crippen LogP contribution < -0.4 is 5.73 Å². The summed E-state index contributed by atoms with van der Waals surface area (Å²) in [5.74, 6) is 1.59. The summed E-state index contributed by atoms with van der Waals surface area (Å²) in [4.78, 5) is 4.65. The summed E-state index contributed by atoms with van der Waals surface area (Å²) in [5.41, 5.74) is 6.01. The molecule has 0 aromatic heterocycles. The van der Waals surface area contributed by atoms with Crippen molar-refractivity contribution in [3.63, 3.8) is 0 Å². The van der Waals surface area contributed by atoms with Crippen LogP contribution in [0.15, 0.2) is 4.99 Å². The molecular formula is C11H20N2. The van der Waals surface area contributed by atoms with Crippen LogP contribution in [0.5, 0.6) is 0 Å². The van der Waals surface area contributed by atoms with E-state index in [-0.39, 0.29) is 0 Å². The molecule has 2 saturated carbocycles. The van der Waals surface area contributed by atoms with Crippen LogP contribution in [0, 0.1) is 5.92 Å². The summed E-state index contributed by atoms with van der Waals surface area (Å²) in [6.45, 7) is 0. The molecule has 0 unspecified atom stereocenters. The predicted octanol–water partition coefficient (Wildman–Crippen LogP) is 2.48. The maximum absolute atomic E-state index is 6.01. The average Bonchev–Trinajstić information content (AvgIpc) is 2.74. The highest BCUT2D eigenvalue weighted by Crippen LogP contribution is 2.27. The molecule has 0 saturated heterocycles. The molecule has 74 valence electrons. The molecule has 2 aliphatic rings.